The van der Waals surface area contributed by atoms with Crippen LogP contribution >= 0.6 is 23.2 Å². The Morgan fingerprint density at radius 1 is 0.947 bits per heavy atom. The van der Waals surface area contributed by atoms with Crippen LogP contribution in [-0.2, 0) is 6.18 Å². The van der Waals surface area contributed by atoms with Gasteiger partial charge in [0.1, 0.15) is 0 Å². The van der Waals surface area contributed by atoms with Gasteiger partial charge >= 0.3 is 6.18 Å². The van der Waals surface area contributed by atoms with Crippen molar-refractivity contribution in [3.8, 4) is 11.3 Å². The van der Waals surface area contributed by atoms with E-state index >= 15 is 0 Å². The minimum atomic E-state index is -4.59. The van der Waals surface area contributed by atoms with Gasteiger partial charge in [-0.25, -0.2) is 0 Å². The first kappa shape index (κ1) is 14.0. The topological polar surface area (TPSA) is 32.9 Å². The van der Waals surface area contributed by atoms with Crippen molar-refractivity contribution in [3.63, 3.8) is 0 Å². The summed E-state index contributed by atoms with van der Waals surface area (Å²) in [6.45, 7) is 0. The number of rotatable bonds is 1. The third kappa shape index (κ3) is 3.30. The Labute approximate surface area is 115 Å². The lowest BCUT2D eigenvalue weighted by atomic mass is 10.1. The van der Waals surface area contributed by atoms with Crippen LogP contribution in [0, 0.1) is 0 Å². The fourth-order valence-corrected chi connectivity index (χ4v) is 2.10. The smallest absolute Gasteiger partial charge is 0.322 e. The number of aromatic amines is 1. The van der Waals surface area contributed by atoms with Gasteiger partial charge in [-0.15, -0.1) is 0 Å². The molecule has 0 bridgehead atoms. The van der Waals surface area contributed by atoms with Gasteiger partial charge in [-0.2, -0.15) is 13.2 Å². The summed E-state index contributed by atoms with van der Waals surface area (Å²) in [6, 6.07) is 5.61. The summed E-state index contributed by atoms with van der Waals surface area (Å²) < 4.78 is 37.9. The summed E-state index contributed by atoms with van der Waals surface area (Å²) in [5.74, 6) is 0. The quantitative estimate of drug-likeness (QED) is 0.834. The molecule has 0 saturated heterocycles. The molecule has 0 atom stereocenters. The van der Waals surface area contributed by atoms with Crippen molar-refractivity contribution >= 4 is 23.2 Å². The highest BCUT2D eigenvalue weighted by molar-refractivity contribution is 6.35. The van der Waals surface area contributed by atoms with Crippen LogP contribution in [-0.4, -0.2) is 4.98 Å². The molecule has 0 aliphatic carbocycles. The van der Waals surface area contributed by atoms with Crippen molar-refractivity contribution in [2.75, 3.05) is 0 Å². The van der Waals surface area contributed by atoms with E-state index in [0.29, 0.717) is 11.6 Å². The zero-order chi connectivity index (χ0) is 14.2. The summed E-state index contributed by atoms with van der Waals surface area (Å²) in [5, 5.41) is 0.529. The molecular formula is C12H6Cl2F3NO. The highest BCUT2D eigenvalue weighted by atomic mass is 35.5. The van der Waals surface area contributed by atoms with Crippen molar-refractivity contribution in [2.45, 2.75) is 6.18 Å². The molecule has 0 aliphatic rings. The van der Waals surface area contributed by atoms with E-state index < -0.39 is 17.3 Å². The van der Waals surface area contributed by atoms with Gasteiger partial charge < -0.3 is 4.98 Å². The van der Waals surface area contributed by atoms with E-state index in [9.17, 15) is 18.0 Å². The normalized spacial score (nSPS) is 11.6. The van der Waals surface area contributed by atoms with Crippen molar-refractivity contribution in [1.82, 2.24) is 4.98 Å². The fourth-order valence-electron chi connectivity index (χ4n) is 1.57. The lowest BCUT2D eigenvalue weighted by Gasteiger charge is -2.09. The molecule has 7 heteroatoms. The second-order valence-electron chi connectivity index (χ2n) is 3.80. The van der Waals surface area contributed by atoms with E-state index in [2.05, 4.69) is 4.98 Å². The summed E-state index contributed by atoms with van der Waals surface area (Å²) in [6.07, 6.45) is -4.59. The fraction of sp³-hybridized carbons (Fsp3) is 0.0833. The molecule has 0 spiro atoms. The van der Waals surface area contributed by atoms with Gasteiger partial charge in [0.15, 0.2) is 0 Å². The Morgan fingerprint density at radius 3 is 2.05 bits per heavy atom. The van der Waals surface area contributed by atoms with E-state index in [1.165, 1.54) is 18.2 Å². The Kier molecular flexibility index (Phi) is 3.60. The molecule has 0 radical (unpaired) electrons. The molecule has 0 saturated carbocycles. The summed E-state index contributed by atoms with van der Waals surface area (Å²) in [4.78, 5) is 13.6. The first-order valence-corrected chi connectivity index (χ1v) is 5.79. The van der Waals surface area contributed by atoms with Crippen LogP contribution in [0.4, 0.5) is 13.2 Å². The second-order valence-corrected chi connectivity index (χ2v) is 4.68. The van der Waals surface area contributed by atoms with E-state index in [4.69, 9.17) is 23.2 Å². The summed E-state index contributed by atoms with van der Waals surface area (Å²) >= 11 is 11.5. The monoisotopic (exact) mass is 307 g/mol. The van der Waals surface area contributed by atoms with Gasteiger partial charge in [0.2, 0.25) is 5.56 Å². The molecule has 1 N–H and O–H groups in total. The number of halogens is 5. The maximum atomic E-state index is 12.6. The molecule has 1 aromatic carbocycles. The molecule has 1 aromatic heterocycles. The molecule has 1 heterocycles. The summed E-state index contributed by atoms with van der Waals surface area (Å²) in [7, 11) is 0. The molecule has 0 amide bonds. The minimum Gasteiger partial charge on any atom is -0.322 e. The number of benzene rings is 1. The number of H-pyrrole nitrogens is 1. The van der Waals surface area contributed by atoms with E-state index in [0.717, 1.165) is 6.07 Å². The highest BCUT2D eigenvalue weighted by Crippen LogP contribution is 2.31. The average molecular weight is 308 g/mol. The van der Waals surface area contributed by atoms with Crippen LogP contribution in [0.15, 0.2) is 35.1 Å². The number of aromatic nitrogens is 1. The molecular weight excluding hydrogens is 302 g/mol. The Bertz CT molecular complexity index is 659. The third-order valence-electron chi connectivity index (χ3n) is 2.35. The van der Waals surface area contributed by atoms with Gasteiger partial charge in [0, 0.05) is 27.4 Å². The van der Waals surface area contributed by atoms with Gasteiger partial charge in [-0.3, -0.25) is 4.79 Å². The SMILES string of the molecule is O=c1cc(C(F)(F)F)cc(-c2cc(Cl)cc(Cl)c2)[nH]1. The zero-order valence-corrected chi connectivity index (χ0v) is 10.7. The Balaban J connectivity index is 2.63. The van der Waals surface area contributed by atoms with E-state index in [-0.39, 0.29) is 15.7 Å². The highest BCUT2D eigenvalue weighted by Gasteiger charge is 2.31. The zero-order valence-electron chi connectivity index (χ0n) is 9.18. The van der Waals surface area contributed by atoms with Crippen molar-refractivity contribution in [1.29, 1.82) is 0 Å². The van der Waals surface area contributed by atoms with Gasteiger partial charge in [-0.05, 0) is 24.3 Å². The van der Waals surface area contributed by atoms with Crippen LogP contribution in [0.3, 0.4) is 0 Å². The first-order valence-electron chi connectivity index (χ1n) is 5.04. The first-order chi connectivity index (χ1) is 8.75. The van der Waals surface area contributed by atoms with Crippen LogP contribution in [0.1, 0.15) is 5.56 Å². The molecule has 2 rings (SSSR count). The lowest BCUT2D eigenvalue weighted by molar-refractivity contribution is -0.137. The van der Waals surface area contributed by atoms with Gasteiger partial charge in [-0.1, -0.05) is 23.2 Å². The molecule has 100 valence electrons. The molecule has 19 heavy (non-hydrogen) atoms. The average Bonchev–Trinajstić information content (AvgIpc) is 2.25. The van der Waals surface area contributed by atoms with Crippen molar-refractivity contribution in [3.05, 3.63) is 56.3 Å². The second kappa shape index (κ2) is 4.90. The van der Waals surface area contributed by atoms with Crippen LogP contribution in [0.25, 0.3) is 11.3 Å². The Morgan fingerprint density at radius 2 is 1.53 bits per heavy atom. The molecule has 0 aliphatic heterocycles. The Hall–Kier alpha value is -1.46. The largest absolute Gasteiger partial charge is 0.416 e. The van der Waals surface area contributed by atoms with Crippen molar-refractivity contribution < 1.29 is 13.2 Å². The predicted molar refractivity (Wildman–Crippen MR) is 67.5 cm³/mol. The molecule has 2 nitrogen and oxygen atoms in total. The van der Waals surface area contributed by atoms with E-state index in [1.54, 1.807) is 0 Å². The molecule has 2 aromatic rings. The van der Waals surface area contributed by atoms with Gasteiger partial charge in [0.25, 0.3) is 0 Å². The van der Waals surface area contributed by atoms with Crippen molar-refractivity contribution in [2.24, 2.45) is 0 Å². The lowest BCUT2D eigenvalue weighted by Crippen LogP contribution is -2.13. The number of hydrogen-bond acceptors (Lipinski definition) is 1. The van der Waals surface area contributed by atoms with Crippen LogP contribution in [0.5, 0.6) is 0 Å². The minimum absolute atomic E-state index is 0.00391. The van der Waals surface area contributed by atoms with Gasteiger partial charge in [0.05, 0.1) is 5.56 Å². The number of nitrogens with one attached hydrogen (secondary N) is 1. The molecule has 0 unspecified atom stereocenters. The maximum absolute atomic E-state index is 12.6. The standard InChI is InChI=1S/C12H6Cl2F3NO/c13-8-1-6(2-9(14)5-8)10-3-7(12(15,16)17)4-11(19)18-10/h1-5H,(H,18,19). The predicted octanol–water partition coefficient (Wildman–Crippen LogP) is 4.37. The summed E-state index contributed by atoms with van der Waals surface area (Å²) in [5.41, 5.74) is -1.56. The maximum Gasteiger partial charge on any atom is 0.416 e. The molecule has 0 fully saturated rings. The van der Waals surface area contributed by atoms with Crippen LogP contribution in [0.2, 0.25) is 10.0 Å². The van der Waals surface area contributed by atoms with Crippen LogP contribution < -0.4 is 5.56 Å². The number of pyridine rings is 1. The number of hydrogen-bond donors (Lipinski definition) is 1. The van der Waals surface area contributed by atoms with E-state index in [1.807, 2.05) is 0 Å². The third-order valence-corrected chi connectivity index (χ3v) is 2.78. The number of alkyl halides is 3.